The highest BCUT2D eigenvalue weighted by atomic mass is 35.5. The van der Waals surface area contributed by atoms with Crippen LogP contribution in [0.1, 0.15) is 28.9 Å². The Hall–Kier alpha value is -2.01. The third-order valence-electron chi connectivity index (χ3n) is 3.27. The minimum Gasteiger partial charge on any atom is -0.349 e. The molecule has 1 aromatic carbocycles. The second kappa shape index (κ2) is 5.77. The number of amides is 1. The number of rotatable bonds is 4. The Labute approximate surface area is 126 Å². The van der Waals surface area contributed by atoms with Crippen molar-refractivity contribution < 1.29 is 9.18 Å². The molecule has 0 unspecified atom stereocenters. The highest BCUT2D eigenvalue weighted by Crippen LogP contribution is 2.23. The SMILES string of the molecule is O=C(NC1CC1)c1ccc(F)c(-c2ccc(CCl)nn2)c1. The predicted molar refractivity (Wildman–Crippen MR) is 77.5 cm³/mol. The van der Waals surface area contributed by atoms with E-state index in [1.807, 2.05) is 0 Å². The molecule has 1 fully saturated rings. The van der Waals surface area contributed by atoms with Gasteiger partial charge in [-0.25, -0.2) is 4.39 Å². The van der Waals surface area contributed by atoms with Crippen LogP contribution in [0.25, 0.3) is 11.3 Å². The first-order valence-electron chi connectivity index (χ1n) is 6.67. The lowest BCUT2D eigenvalue weighted by molar-refractivity contribution is 0.0951. The molecule has 108 valence electrons. The molecule has 1 aliphatic rings. The Morgan fingerprint density at radius 2 is 2.10 bits per heavy atom. The van der Waals surface area contributed by atoms with Crippen molar-refractivity contribution in [3.8, 4) is 11.3 Å². The van der Waals surface area contributed by atoms with Crippen molar-refractivity contribution in [2.24, 2.45) is 0 Å². The van der Waals surface area contributed by atoms with Crippen LogP contribution in [0.3, 0.4) is 0 Å². The third-order valence-corrected chi connectivity index (χ3v) is 3.55. The van der Waals surface area contributed by atoms with Crippen molar-refractivity contribution >= 4 is 17.5 Å². The number of carbonyl (C=O) groups excluding carboxylic acids is 1. The molecule has 2 aromatic rings. The van der Waals surface area contributed by atoms with Crippen LogP contribution in [-0.2, 0) is 5.88 Å². The summed E-state index contributed by atoms with van der Waals surface area (Å²) in [5, 5.41) is 10.7. The molecular weight excluding hydrogens is 293 g/mol. The molecule has 0 aliphatic heterocycles. The van der Waals surface area contributed by atoms with Gasteiger partial charge in [-0.05, 0) is 43.2 Å². The van der Waals surface area contributed by atoms with E-state index in [0.717, 1.165) is 12.8 Å². The van der Waals surface area contributed by atoms with Crippen LogP contribution < -0.4 is 5.32 Å². The van der Waals surface area contributed by atoms with Crippen LogP contribution in [0, 0.1) is 5.82 Å². The molecule has 6 heteroatoms. The second-order valence-electron chi connectivity index (χ2n) is 4.99. The van der Waals surface area contributed by atoms with Crippen LogP contribution >= 0.6 is 11.6 Å². The Morgan fingerprint density at radius 3 is 2.71 bits per heavy atom. The first-order valence-corrected chi connectivity index (χ1v) is 7.20. The van der Waals surface area contributed by atoms with Gasteiger partial charge in [-0.2, -0.15) is 10.2 Å². The van der Waals surface area contributed by atoms with Gasteiger partial charge in [-0.15, -0.1) is 11.6 Å². The molecule has 1 saturated carbocycles. The fraction of sp³-hybridized carbons (Fsp3) is 0.267. The molecule has 3 rings (SSSR count). The number of nitrogens with zero attached hydrogens (tertiary/aromatic N) is 2. The van der Waals surface area contributed by atoms with Gasteiger partial charge in [0.2, 0.25) is 0 Å². The summed E-state index contributed by atoms with van der Waals surface area (Å²) < 4.78 is 14.0. The van der Waals surface area contributed by atoms with E-state index in [1.54, 1.807) is 12.1 Å². The molecule has 0 spiro atoms. The Morgan fingerprint density at radius 1 is 1.29 bits per heavy atom. The fourth-order valence-electron chi connectivity index (χ4n) is 1.93. The molecular formula is C15H13ClFN3O. The van der Waals surface area contributed by atoms with Gasteiger partial charge < -0.3 is 5.32 Å². The lowest BCUT2D eigenvalue weighted by Gasteiger charge is -2.07. The molecule has 0 atom stereocenters. The number of nitrogens with one attached hydrogen (secondary N) is 1. The van der Waals surface area contributed by atoms with Crippen LogP contribution in [0.4, 0.5) is 4.39 Å². The fourth-order valence-corrected chi connectivity index (χ4v) is 2.08. The van der Waals surface area contributed by atoms with E-state index < -0.39 is 5.82 Å². The molecule has 0 bridgehead atoms. The molecule has 1 heterocycles. The maximum absolute atomic E-state index is 14.0. The summed E-state index contributed by atoms with van der Waals surface area (Å²) in [6, 6.07) is 7.83. The van der Waals surface area contributed by atoms with E-state index in [9.17, 15) is 9.18 Å². The zero-order valence-corrected chi connectivity index (χ0v) is 11.9. The molecule has 1 amide bonds. The van der Waals surface area contributed by atoms with Gasteiger partial charge in [0.1, 0.15) is 5.82 Å². The largest absolute Gasteiger partial charge is 0.349 e. The minimum atomic E-state index is -0.439. The van der Waals surface area contributed by atoms with E-state index in [-0.39, 0.29) is 23.4 Å². The van der Waals surface area contributed by atoms with Crippen LogP contribution in [0.2, 0.25) is 0 Å². The molecule has 4 nitrogen and oxygen atoms in total. The van der Waals surface area contributed by atoms with Crippen molar-refractivity contribution in [2.45, 2.75) is 24.8 Å². The lowest BCUT2D eigenvalue weighted by atomic mass is 10.1. The monoisotopic (exact) mass is 305 g/mol. The number of aromatic nitrogens is 2. The van der Waals surface area contributed by atoms with Gasteiger partial charge in [-0.3, -0.25) is 4.79 Å². The zero-order chi connectivity index (χ0) is 14.8. The van der Waals surface area contributed by atoms with Crippen molar-refractivity contribution in [3.63, 3.8) is 0 Å². The topological polar surface area (TPSA) is 54.9 Å². The highest BCUT2D eigenvalue weighted by Gasteiger charge is 2.24. The first-order chi connectivity index (χ1) is 10.2. The van der Waals surface area contributed by atoms with Crippen molar-refractivity contribution in [1.82, 2.24) is 15.5 Å². The maximum Gasteiger partial charge on any atom is 0.251 e. The number of halogens is 2. The molecule has 0 saturated heterocycles. The summed E-state index contributed by atoms with van der Waals surface area (Å²) in [4.78, 5) is 12.0. The molecule has 0 radical (unpaired) electrons. The van der Waals surface area contributed by atoms with Gasteiger partial charge in [0, 0.05) is 17.2 Å². The number of benzene rings is 1. The quantitative estimate of drug-likeness (QED) is 0.884. The zero-order valence-electron chi connectivity index (χ0n) is 11.1. The summed E-state index contributed by atoms with van der Waals surface area (Å²) in [6.45, 7) is 0. The summed E-state index contributed by atoms with van der Waals surface area (Å²) in [6.07, 6.45) is 2.01. The van der Waals surface area contributed by atoms with E-state index in [0.29, 0.717) is 17.0 Å². The summed E-state index contributed by atoms with van der Waals surface area (Å²) >= 11 is 5.65. The summed E-state index contributed by atoms with van der Waals surface area (Å²) in [5.41, 5.74) is 1.67. The van der Waals surface area contributed by atoms with Gasteiger partial charge in [0.05, 0.1) is 17.3 Å². The van der Waals surface area contributed by atoms with E-state index in [1.165, 1.54) is 18.2 Å². The van der Waals surface area contributed by atoms with Crippen LogP contribution in [-0.4, -0.2) is 22.1 Å². The molecule has 1 aromatic heterocycles. The molecule has 1 N–H and O–H groups in total. The number of carbonyl (C=O) groups is 1. The number of hydrogen-bond acceptors (Lipinski definition) is 3. The second-order valence-corrected chi connectivity index (χ2v) is 5.25. The predicted octanol–water partition coefficient (Wildman–Crippen LogP) is 2.91. The highest BCUT2D eigenvalue weighted by molar-refractivity contribution is 6.16. The summed E-state index contributed by atoms with van der Waals surface area (Å²) in [7, 11) is 0. The smallest absolute Gasteiger partial charge is 0.251 e. The minimum absolute atomic E-state index is 0.191. The molecule has 1 aliphatic carbocycles. The average molecular weight is 306 g/mol. The Bertz CT molecular complexity index is 671. The van der Waals surface area contributed by atoms with Crippen molar-refractivity contribution in [2.75, 3.05) is 0 Å². The first kappa shape index (κ1) is 13.9. The molecule has 21 heavy (non-hydrogen) atoms. The normalized spacial score (nSPS) is 14.0. The van der Waals surface area contributed by atoms with E-state index >= 15 is 0 Å². The Balaban J connectivity index is 1.90. The van der Waals surface area contributed by atoms with Crippen molar-refractivity contribution in [3.05, 3.63) is 47.4 Å². The van der Waals surface area contributed by atoms with Gasteiger partial charge >= 0.3 is 0 Å². The van der Waals surface area contributed by atoms with Crippen LogP contribution in [0.5, 0.6) is 0 Å². The summed E-state index contributed by atoms with van der Waals surface area (Å²) in [5.74, 6) is -0.380. The number of hydrogen-bond donors (Lipinski definition) is 1. The third kappa shape index (κ3) is 3.19. The maximum atomic E-state index is 14.0. The van der Waals surface area contributed by atoms with E-state index in [2.05, 4.69) is 15.5 Å². The Kier molecular flexibility index (Phi) is 3.84. The van der Waals surface area contributed by atoms with Gasteiger partial charge in [-0.1, -0.05) is 0 Å². The van der Waals surface area contributed by atoms with Crippen LogP contribution in [0.15, 0.2) is 30.3 Å². The average Bonchev–Trinajstić information content (AvgIpc) is 3.32. The van der Waals surface area contributed by atoms with E-state index in [4.69, 9.17) is 11.6 Å². The van der Waals surface area contributed by atoms with Gasteiger partial charge in [0.25, 0.3) is 5.91 Å². The lowest BCUT2D eigenvalue weighted by Crippen LogP contribution is -2.25. The number of alkyl halides is 1. The van der Waals surface area contributed by atoms with Gasteiger partial charge in [0.15, 0.2) is 0 Å². The van der Waals surface area contributed by atoms with Crippen molar-refractivity contribution in [1.29, 1.82) is 0 Å². The standard InChI is InChI=1S/C15H13ClFN3O/c16-8-11-4-6-14(20-19-11)12-7-9(1-5-13(12)17)15(21)18-10-2-3-10/h1,4-7,10H,2-3,8H2,(H,18,21).